The Balaban J connectivity index is 2.21. The predicted octanol–water partition coefficient (Wildman–Crippen LogP) is 2.30. The Morgan fingerprint density at radius 2 is 1.95 bits per heavy atom. The maximum absolute atomic E-state index is 5.31. The van der Waals surface area contributed by atoms with Crippen LogP contribution in [0.5, 0.6) is 11.5 Å². The number of aryl methyl sites for hydroxylation is 1. The van der Waals surface area contributed by atoms with E-state index in [0.717, 1.165) is 42.3 Å². The van der Waals surface area contributed by atoms with Crippen LogP contribution in [0.25, 0.3) is 0 Å². The molecule has 102 valence electrons. The van der Waals surface area contributed by atoms with Crippen LogP contribution in [0, 0.1) is 0 Å². The summed E-state index contributed by atoms with van der Waals surface area (Å²) in [7, 11) is 3.27. The second kappa shape index (κ2) is 6.22. The van der Waals surface area contributed by atoms with Crippen LogP contribution in [0.1, 0.15) is 24.7 Å². The summed E-state index contributed by atoms with van der Waals surface area (Å²) in [6.07, 6.45) is 3.58. The third kappa shape index (κ3) is 3.05. The van der Waals surface area contributed by atoms with Gasteiger partial charge in [-0.15, -0.1) is 10.2 Å². The molecule has 0 saturated carbocycles. The smallest absolute Gasteiger partial charge is 0.161 e. The molecule has 2 aromatic rings. The van der Waals surface area contributed by atoms with Crippen LogP contribution >= 0.6 is 0 Å². The van der Waals surface area contributed by atoms with Gasteiger partial charge < -0.3 is 14.0 Å². The van der Waals surface area contributed by atoms with Crippen LogP contribution in [0.3, 0.4) is 0 Å². The summed E-state index contributed by atoms with van der Waals surface area (Å²) in [6, 6.07) is 5.91. The highest BCUT2D eigenvalue weighted by Gasteiger charge is 2.08. The molecule has 0 bridgehead atoms. The summed E-state index contributed by atoms with van der Waals surface area (Å²) in [5.41, 5.74) is 1.13. The van der Waals surface area contributed by atoms with Crippen molar-refractivity contribution < 1.29 is 9.47 Å². The van der Waals surface area contributed by atoms with Crippen LogP contribution in [0.4, 0.5) is 0 Å². The van der Waals surface area contributed by atoms with Gasteiger partial charge >= 0.3 is 0 Å². The monoisotopic (exact) mass is 261 g/mol. The Bertz CT molecular complexity index is 537. The Morgan fingerprint density at radius 3 is 2.63 bits per heavy atom. The molecule has 0 radical (unpaired) electrons. The van der Waals surface area contributed by atoms with Crippen LogP contribution in [0.15, 0.2) is 24.5 Å². The van der Waals surface area contributed by atoms with Crippen LogP contribution in [-0.4, -0.2) is 29.0 Å². The molecule has 1 heterocycles. The fourth-order valence-corrected chi connectivity index (χ4v) is 2.02. The highest BCUT2D eigenvalue weighted by Crippen LogP contribution is 2.28. The molecule has 5 heteroatoms. The number of hydrogen-bond donors (Lipinski definition) is 0. The summed E-state index contributed by atoms with van der Waals surface area (Å²) in [4.78, 5) is 0. The summed E-state index contributed by atoms with van der Waals surface area (Å²) in [5, 5.41) is 8.14. The quantitative estimate of drug-likeness (QED) is 0.800. The van der Waals surface area contributed by atoms with Gasteiger partial charge in [0.15, 0.2) is 11.5 Å². The number of hydrogen-bond acceptors (Lipinski definition) is 4. The molecule has 0 aliphatic carbocycles. The Kier molecular flexibility index (Phi) is 4.39. The molecule has 1 aromatic carbocycles. The largest absolute Gasteiger partial charge is 0.493 e. The number of nitrogens with zero attached hydrogens (tertiary/aromatic N) is 3. The average Bonchev–Trinajstić information content (AvgIpc) is 2.86. The SMILES string of the molecule is CCCn1cnnc1Cc1ccc(OC)c(OC)c1. The van der Waals surface area contributed by atoms with E-state index in [9.17, 15) is 0 Å². The van der Waals surface area contributed by atoms with Crippen LogP contribution in [0.2, 0.25) is 0 Å². The van der Waals surface area contributed by atoms with E-state index in [1.165, 1.54) is 0 Å². The fourth-order valence-electron chi connectivity index (χ4n) is 2.02. The molecular weight excluding hydrogens is 242 g/mol. The average molecular weight is 261 g/mol. The number of aromatic nitrogens is 3. The molecule has 0 aliphatic heterocycles. The molecule has 0 spiro atoms. The molecule has 0 fully saturated rings. The van der Waals surface area contributed by atoms with Gasteiger partial charge in [-0.2, -0.15) is 0 Å². The minimum absolute atomic E-state index is 0.736. The molecule has 1 aromatic heterocycles. The minimum atomic E-state index is 0.736. The van der Waals surface area contributed by atoms with Gasteiger partial charge in [0.2, 0.25) is 0 Å². The molecule has 0 unspecified atom stereocenters. The van der Waals surface area contributed by atoms with Gasteiger partial charge in [-0.1, -0.05) is 13.0 Å². The van der Waals surface area contributed by atoms with Gasteiger partial charge in [-0.25, -0.2) is 0 Å². The first kappa shape index (κ1) is 13.4. The lowest BCUT2D eigenvalue weighted by atomic mass is 10.1. The second-order valence-corrected chi connectivity index (χ2v) is 4.31. The van der Waals surface area contributed by atoms with E-state index in [-0.39, 0.29) is 0 Å². The highest BCUT2D eigenvalue weighted by atomic mass is 16.5. The van der Waals surface area contributed by atoms with Crippen molar-refractivity contribution in [3.63, 3.8) is 0 Å². The summed E-state index contributed by atoms with van der Waals surface area (Å²) in [6.45, 7) is 3.08. The summed E-state index contributed by atoms with van der Waals surface area (Å²) in [5.74, 6) is 2.44. The number of methoxy groups -OCH3 is 2. The van der Waals surface area contributed by atoms with Crippen LogP contribution < -0.4 is 9.47 Å². The van der Waals surface area contributed by atoms with Crippen LogP contribution in [-0.2, 0) is 13.0 Å². The molecule has 0 aliphatic rings. The maximum Gasteiger partial charge on any atom is 0.161 e. The van der Waals surface area contributed by atoms with Gasteiger partial charge in [-0.3, -0.25) is 0 Å². The lowest BCUT2D eigenvalue weighted by molar-refractivity contribution is 0.354. The van der Waals surface area contributed by atoms with E-state index in [1.807, 2.05) is 18.2 Å². The molecule has 5 nitrogen and oxygen atoms in total. The van der Waals surface area contributed by atoms with E-state index < -0.39 is 0 Å². The van der Waals surface area contributed by atoms with Crippen molar-refractivity contribution in [1.29, 1.82) is 0 Å². The van der Waals surface area contributed by atoms with Crippen molar-refractivity contribution >= 4 is 0 Å². The van der Waals surface area contributed by atoms with E-state index >= 15 is 0 Å². The Hall–Kier alpha value is -2.04. The van der Waals surface area contributed by atoms with Gasteiger partial charge in [0.25, 0.3) is 0 Å². The first-order chi connectivity index (χ1) is 9.28. The molecule has 0 amide bonds. The van der Waals surface area contributed by atoms with Crippen molar-refractivity contribution in [3.8, 4) is 11.5 Å². The maximum atomic E-state index is 5.31. The lowest BCUT2D eigenvalue weighted by Crippen LogP contribution is -2.03. The third-order valence-corrected chi connectivity index (χ3v) is 2.97. The van der Waals surface area contributed by atoms with Gasteiger partial charge in [-0.05, 0) is 24.1 Å². The molecular formula is C14H19N3O2. The number of rotatable bonds is 6. The zero-order chi connectivity index (χ0) is 13.7. The number of ether oxygens (including phenoxy) is 2. The predicted molar refractivity (Wildman–Crippen MR) is 72.7 cm³/mol. The fraction of sp³-hybridized carbons (Fsp3) is 0.429. The second-order valence-electron chi connectivity index (χ2n) is 4.31. The van der Waals surface area contributed by atoms with Crippen molar-refractivity contribution in [3.05, 3.63) is 35.9 Å². The van der Waals surface area contributed by atoms with E-state index in [2.05, 4.69) is 21.7 Å². The van der Waals surface area contributed by atoms with E-state index in [4.69, 9.17) is 9.47 Å². The summed E-state index contributed by atoms with van der Waals surface area (Å²) < 4.78 is 12.6. The van der Waals surface area contributed by atoms with Gasteiger partial charge in [0.1, 0.15) is 12.2 Å². The standard InChI is InChI=1S/C14H19N3O2/c1-4-7-17-10-15-16-14(17)9-11-5-6-12(18-2)13(8-11)19-3/h5-6,8,10H,4,7,9H2,1-3H3. The van der Waals surface area contributed by atoms with Crippen molar-refractivity contribution in [1.82, 2.24) is 14.8 Å². The zero-order valence-corrected chi connectivity index (χ0v) is 11.6. The molecule has 19 heavy (non-hydrogen) atoms. The third-order valence-electron chi connectivity index (χ3n) is 2.97. The van der Waals surface area contributed by atoms with Crippen molar-refractivity contribution in [2.75, 3.05) is 14.2 Å². The van der Waals surface area contributed by atoms with Crippen molar-refractivity contribution in [2.24, 2.45) is 0 Å². The number of benzene rings is 1. The first-order valence-electron chi connectivity index (χ1n) is 6.36. The molecule has 0 atom stereocenters. The topological polar surface area (TPSA) is 49.2 Å². The van der Waals surface area contributed by atoms with Gasteiger partial charge in [0.05, 0.1) is 14.2 Å². The summed E-state index contributed by atoms with van der Waals surface area (Å²) >= 11 is 0. The lowest BCUT2D eigenvalue weighted by Gasteiger charge is -2.10. The van der Waals surface area contributed by atoms with E-state index in [1.54, 1.807) is 20.5 Å². The normalized spacial score (nSPS) is 10.5. The Labute approximate surface area is 113 Å². The zero-order valence-electron chi connectivity index (χ0n) is 11.6. The molecule has 2 rings (SSSR count). The van der Waals surface area contributed by atoms with Crippen molar-refractivity contribution in [2.45, 2.75) is 26.3 Å². The van der Waals surface area contributed by atoms with Gasteiger partial charge in [0, 0.05) is 13.0 Å². The first-order valence-corrected chi connectivity index (χ1v) is 6.36. The van der Waals surface area contributed by atoms with E-state index in [0.29, 0.717) is 0 Å². The highest BCUT2D eigenvalue weighted by molar-refractivity contribution is 5.43. The molecule has 0 N–H and O–H groups in total. The Morgan fingerprint density at radius 1 is 1.16 bits per heavy atom. The molecule has 0 saturated heterocycles. The minimum Gasteiger partial charge on any atom is -0.493 e.